The minimum atomic E-state index is -4.79. The monoisotopic (exact) mass is 524 g/mol. The smallest absolute Gasteiger partial charge is 0.478 e. The number of hydrogen-bond acceptors (Lipinski definition) is 3. The highest BCUT2D eigenvalue weighted by Gasteiger charge is 2.32. The van der Waals surface area contributed by atoms with Gasteiger partial charge < -0.3 is 14.9 Å². The third-order valence-corrected chi connectivity index (χ3v) is 6.24. The Balaban J connectivity index is 1.77. The number of allylic oxidation sites excluding steroid dienone is 1. The van der Waals surface area contributed by atoms with Crippen LogP contribution in [-0.2, 0) is 12.8 Å². The van der Waals surface area contributed by atoms with E-state index in [-0.39, 0.29) is 22.8 Å². The molecule has 2 N–H and O–H groups in total. The number of rotatable bonds is 12. The molecular weight excluding hydrogens is 497 g/mol. The summed E-state index contributed by atoms with van der Waals surface area (Å²) in [7, 11) is 0. The molecule has 0 fully saturated rings. The maximum absolute atomic E-state index is 12.9. The SMILES string of the molecule is C=C=C(CCC(CCc1ccccc1OC(F)(F)F)Cc1ccc(C(=O)O)cc1)c1ccc(C(=O)O)cc1. The number of carboxylic acid groups (broad SMARTS) is 2. The number of carbonyl (C=O) groups is 2. The van der Waals surface area contributed by atoms with Gasteiger partial charge in [0.05, 0.1) is 11.1 Å². The van der Waals surface area contributed by atoms with Crippen LogP contribution >= 0.6 is 0 Å². The highest BCUT2D eigenvalue weighted by molar-refractivity contribution is 5.88. The third kappa shape index (κ3) is 8.39. The molecule has 0 radical (unpaired) electrons. The molecule has 0 heterocycles. The van der Waals surface area contributed by atoms with Crippen molar-refractivity contribution in [3.8, 4) is 5.75 Å². The molecule has 8 heteroatoms. The van der Waals surface area contributed by atoms with Gasteiger partial charge in [-0.05, 0) is 85.0 Å². The number of carboxylic acids is 2. The molecular formula is C30H27F3O5. The Kier molecular flexibility index (Phi) is 9.52. The number of alkyl halides is 3. The molecule has 3 aromatic carbocycles. The Morgan fingerprint density at radius 3 is 1.95 bits per heavy atom. The molecule has 38 heavy (non-hydrogen) atoms. The summed E-state index contributed by atoms with van der Waals surface area (Å²) in [6.07, 6.45) is -2.08. The first-order valence-electron chi connectivity index (χ1n) is 11.9. The van der Waals surface area contributed by atoms with Gasteiger partial charge in [-0.25, -0.2) is 9.59 Å². The fourth-order valence-corrected chi connectivity index (χ4v) is 4.26. The molecule has 0 aromatic heterocycles. The second-order valence-electron chi connectivity index (χ2n) is 8.84. The van der Waals surface area contributed by atoms with Crippen molar-refractivity contribution in [1.29, 1.82) is 0 Å². The van der Waals surface area contributed by atoms with E-state index in [4.69, 9.17) is 10.2 Å². The molecule has 1 unspecified atom stereocenters. The van der Waals surface area contributed by atoms with Crippen LogP contribution in [0.25, 0.3) is 5.57 Å². The molecule has 0 amide bonds. The van der Waals surface area contributed by atoms with E-state index in [1.54, 1.807) is 36.4 Å². The lowest BCUT2D eigenvalue weighted by Gasteiger charge is -2.19. The van der Waals surface area contributed by atoms with Crippen LogP contribution in [0.1, 0.15) is 56.7 Å². The van der Waals surface area contributed by atoms with Gasteiger partial charge in [-0.15, -0.1) is 18.9 Å². The molecule has 0 saturated heterocycles. The lowest BCUT2D eigenvalue weighted by Crippen LogP contribution is -2.18. The molecule has 0 aliphatic rings. The summed E-state index contributed by atoms with van der Waals surface area (Å²) >= 11 is 0. The minimum absolute atomic E-state index is 0.0336. The highest BCUT2D eigenvalue weighted by Crippen LogP contribution is 2.31. The van der Waals surface area contributed by atoms with E-state index in [0.29, 0.717) is 37.7 Å². The Bertz CT molecular complexity index is 1300. The quantitative estimate of drug-likeness (QED) is 0.241. The van der Waals surface area contributed by atoms with Crippen LogP contribution in [-0.4, -0.2) is 28.5 Å². The summed E-state index contributed by atoms with van der Waals surface area (Å²) in [5.74, 6) is -2.24. The zero-order valence-electron chi connectivity index (χ0n) is 20.5. The topological polar surface area (TPSA) is 83.8 Å². The molecule has 0 aliphatic heterocycles. The van der Waals surface area contributed by atoms with E-state index < -0.39 is 18.3 Å². The van der Waals surface area contributed by atoms with Crippen molar-refractivity contribution >= 4 is 17.5 Å². The van der Waals surface area contributed by atoms with E-state index in [2.05, 4.69) is 17.0 Å². The van der Waals surface area contributed by atoms with Crippen molar-refractivity contribution in [1.82, 2.24) is 0 Å². The molecule has 0 aliphatic carbocycles. The highest BCUT2D eigenvalue weighted by atomic mass is 19.4. The van der Waals surface area contributed by atoms with E-state index in [0.717, 1.165) is 16.7 Å². The van der Waals surface area contributed by atoms with Crippen LogP contribution in [0.4, 0.5) is 13.2 Å². The molecule has 3 aromatic rings. The maximum atomic E-state index is 12.9. The van der Waals surface area contributed by atoms with Gasteiger partial charge in [0.25, 0.3) is 0 Å². The standard InChI is InChI=1S/C30H27F3O5/c1-2-22(23-15-17-26(18-16-23)29(36)37)11-7-20(19-21-9-13-25(14-10-21)28(34)35)8-12-24-5-3-4-6-27(24)38-30(31,32)33/h3-6,9-10,13-18,20H,1,7-8,11-12,19H2,(H,34,35)(H,36,37). The van der Waals surface area contributed by atoms with E-state index in [1.807, 2.05) is 0 Å². The van der Waals surface area contributed by atoms with Gasteiger partial charge in [0.1, 0.15) is 5.75 Å². The summed E-state index contributed by atoms with van der Waals surface area (Å²) in [5.41, 5.74) is 6.21. The largest absolute Gasteiger partial charge is 0.573 e. The first-order chi connectivity index (χ1) is 18.1. The molecule has 198 valence electrons. The average molecular weight is 525 g/mol. The molecule has 3 rings (SSSR count). The molecule has 0 spiro atoms. The van der Waals surface area contributed by atoms with Gasteiger partial charge in [0.2, 0.25) is 0 Å². The zero-order chi connectivity index (χ0) is 27.7. The number of hydrogen-bond donors (Lipinski definition) is 2. The van der Waals surface area contributed by atoms with Crippen LogP contribution in [0.2, 0.25) is 0 Å². The van der Waals surface area contributed by atoms with Crippen LogP contribution in [0, 0.1) is 5.92 Å². The van der Waals surface area contributed by atoms with Crippen LogP contribution < -0.4 is 4.74 Å². The van der Waals surface area contributed by atoms with Gasteiger partial charge in [0.15, 0.2) is 0 Å². The number of ether oxygens (including phenoxy) is 1. The van der Waals surface area contributed by atoms with Crippen molar-refractivity contribution in [3.05, 3.63) is 113 Å². The normalized spacial score (nSPS) is 11.9. The second-order valence-corrected chi connectivity index (χ2v) is 8.84. The van der Waals surface area contributed by atoms with Gasteiger partial charge in [-0.1, -0.05) is 49.0 Å². The Labute approximate surface area is 218 Å². The summed E-state index contributed by atoms with van der Waals surface area (Å²) in [5, 5.41) is 18.3. The van der Waals surface area contributed by atoms with Gasteiger partial charge in [0, 0.05) is 5.57 Å². The van der Waals surface area contributed by atoms with Crippen molar-refractivity contribution in [2.45, 2.75) is 38.5 Å². The Morgan fingerprint density at radius 2 is 1.39 bits per heavy atom. The Hall–Kier alpha value is -4.29. The fraction of sp³-hybridized carbons (Fsp3) is 0.233. The number of para-hydroxylation sites is 1. The summed E-state index contributed by atoms with van der Waals surface area (Å²) < 4.78 is 42.8. The molecule has 0 saturated carbocycles. The van der Waals surface area contributed by atoms with E-state index in [1.165, 1.54) is 36.4 Å². The predicted octanol–water partition coefficient (Wildman–Crippen LogP) is 7.42. The van der Waals surface area contributed by atoms with Crippen molar-refractivity contribution in [3.63, 3.8) is 0 Å². The number of halogens is 3. The molecule has 5 nitrogen and oxygen atoms in total. The second kappa shape index (κ2) is 12.8. The number of benzene rings is 3. The molecule has 0 bridgehead atoms. The lowest BCUT2D eigenvalue weighted by atomic mass is 9.86. The van der Waals surface area contributed by atoms with Gasteiger partial charge in [-0.2, -0.15) is 0 Å². The van der Waals surface area contributed by atoms with Crippen molar-refractivity contribution < 1.29 is 37.7 Å². The number of aryl methyl sites for hydroxylation is 1. The first-order valence-corrected chi connectivity index (χ1v) is 11.9. The fourth-order valence-electron chi connectivity index (χ4n) is 4.26. The van der Waals surface area contributed by atoms with Crippen molar-refractivity contribution in [2.24, 2.45) is 5.92 Å². The van der Waals surface area contributed by atoms with Crippen molar-refractivity contribution in [2.75, 3.05) is 0 Å². The number of aromatic carboxylic acids is 2. The zero-order valence-corrected chi connectivity index (χ0v) is 20.5. The summed E-state index contributed by atoms with van der Waals surface area (Å²) in [4.78, 5) is 22.3. The van der Waals surface area contributed by atoms with Crippen LogP contribution in [0.5, 0.6) is 5.75 Å². The predicted molar refractivity (Wildman–Crippen MR) is 137 cm³/mol. The molecule has 1 atom stereocenters. The van der Waals surface area contributed by atoms with E-state index >= 15 is 0 Å². The third-order valence-electron chi connectivity index (χ3n) is 6.24. The summed E-state index contributed by atoms with van der Waals surface area (Å²) in [6, 6.07) is 19.0. The summed E-state index contributed by atoms with van der Waals surface area (Å²) in [6.45, 7) is 3.77. The lowest BCUT2D eigenvalue weighted by molar-refractivity contribution is -0.274. The average Bonchev–Trinajstić information content (AvgIpc) is 2.88. The Morgan fingerprint density at radius 1 is 0.842 bits per heavy atom. The maximum Gasteiger partial charge on any atom is 0.573 e. The van der Waals surface area contributed by atoms with Crippen LogP contribution in [0.15, 0.2) is 85.1 Å². The van der Waals surface area contributed by atoms with E-state index in [9.17, 15) is 22.8 Å². The van der Waals surface area contributed by atoms with Crippen LogP contribution in [0.3, 0.4) is 0 Å². The van der Waals surface area contributed by atoms with Gasteiger partial charge in [-0.3, -0.25) is 0 Å². The minimum Gasteiger partial charge on any atom is -0.478 e. The van der Waals surface area contributed by atoms with Gasteiger partial charge >= 0.3 is 18.3 Å². The first kappa shape index (κ1) is 28.3.